The molecule has 0 bridgehead atoms. The molecule has 27 heavy (non-hydrogen) atoms. The van der Waals surface area contributed by atoms with Crippen LogP contribution >= 0.6 is 11.6 Å². The lowest BCUT2D eigenvalue weighted by Crippen LogP contribution is -2.16. The van der Waals surface area contributed by atoms with E-state index >= 15 is 0 Å². The number of rotatable bonds is 5. The fraction of sp³-hybridized carbons (Fsp3) is 0.150. The van der Waals surface area contributed by atoms with Gasteiger partial charge in [0, 0.05) is 16.8 Å². The lowest BCUT2D eigenvalue weighted by atomic mass is 10.2. The number of hydrogen-bond acceptors (Lipinski definition) is 5. The van der Waals surface area contributed by atoms with E-state index in [-0.39, 0.29) is 11.6 Å². The van der Waals surface area contributed by atoms with Gasteiger partial charge < -0.3 is 15.4 Å². The lowest BCUT2D eigenvalue weighted by Gasteiger charge is -2.12. The van der Waals surface area contributed by atoms with Crippen molar-refractivity contribution < 1.29 is 9.53 Å². The van der Waals surface area contributed by atoms with Gasteiger partial charge >= 0.3 is 0 Å². The van der Waals surface area contributed by atoms with Crippen LogP contribution in [-0.4, -0.2) is 23.0 Å². The number of benzene rings is 2. The van der Waals surface area contributed by atoms with Crippen molar-refractivity contribution in [2.24, 2.45) is 0 Å². The van der Waals surface area contributed by atoms with Crippen LogP contribution in [0.4, 0.5) is 17.2 Å². The lowest BCUT2D eigenvalue weighted by molar-refractivity contribution is 0.102. The number of carbonyl (C=O) groups excluding carboxylic acids is 1. The molecule has 0 aliphatic carbocycles. The largest absolute Gasteiger partial charge is 0.495 e. The van der Waals surface area contributed by atoms with E-state index in [9.17, 15) is 4.79 Å². The summed E-state index contributed by atoms with van der Waals surface area (Å²) >= 11 is 6.00. The molecule has 0 fully saturated rings. The van der Waals surface area contributed by atoms with Gasteiger partial charge in [0.1, 0.15) is 23.1 Å². The number of amides is 1. The first kappa shape index (κ1) is 18.7. The maximum Gasteiger partial charge on any atom is 0.274 e. The fourth-order valence-electron chi connectivity index (χ4n) is 2.59. The van der Waals surface area contributed by atoms with Crippen molar-refractivity contribution in [1.29, 1.82) is 0 Å². The third-order valence-electron chi connectivity index (χ3n) is 3.88. The van der Waals surface area contributed by atoms with Gasteiger partial charge in [-0.3, -0.25) is 4.79 Å². The summed E-state index contributed by atoms with van der Waals surface area (Å²) in [5.74, 6) is 1.24. The van der Waals surface area contributed by atoms with Crippen LogP contribution < -0.4 is 15.4 Å². The molecule has 1 amide bonds. The Morgan fingerprint density at radius 2 is 1.81 bits per heavy atom. The van der Waals surface area contributed by atoms with Crippen molar-refractivity contribution in [3.05, 3.63) is 70.6 Å². The summed E-state index contributed by atoms with van der Waals surface area (Å²) in [4.78, 5) is 21.2. The summed E-state index contributed by atoms with van der Waals surface area (Å²) in [6.45, 7) is 3.68. The molecule has 1 heterocycles. The molecule has 0 saturated carbocycles. The highest BCUT2D eigenvalue weighted by Gasteiger charge is 2.13. The molecular formula is C20H19ClN4O2. The van der Waals surface area contributed by atoms with Gasteiger partial charge in [-0.15, -0.1) is 0 Å². The Hall–Kier alpha value is -3.12. The second-order valence-corrected chi connectivity index (χ2v) is 6.36. The van der Waals surface area contributed by atoms with Crippen LogP contribution in [0, 0.1) is 13.8 Å². The average Bonchev–Trinajstić information content (AvgIpc) is 2.64. The van der Waals surface area contributed by atoms with Gasteiger partial charge in [0.2, 0.25) is 0 Å². The van der Waals surface area contributed by atoms with Crippen LogP contribution in [0.5, 0.6) is 5.75 Å². The molecule has 0 aliphatic rings. The second kappa shape index (κ2) is 8.05. The number of ether oxygens (including phenoxy) is 1. The Labute approximate surface area is 162 Å². The Balaban J connectivity index is 1.85. The van der Waals surface area contributed by atoms with Gasteiger partial charge in [-0.25, -0.2) is 9.97 Å². The standard InChI is InChI=1S/C20H19ClN4O2/c1-12-10-14(21)8-9-15(12)24-19-11-17(22-13(2)23-19)20(26)25-16-6-4-5-7-18(16)27-3/h4-11H,1-3H3,(H,25,26)(H,22,23,24). The van der Waals surface area contributed by atoms with E-state index in [1.807, 2.05) is 31.2 Å². The van der Waals surface area contributed by atoms with Gasteiger partial charge in [-0.05, 0) is 49.7 Å². The molecule has 0 spiro atoms. The molecule has 0 unspecified atom stereocenters. The Morgan fingerprint density at radius 1 is 1.04 bits per heavy atom. The minimum Gasteiger partial charge on any atom is -0.495 e. The maximum atomic E-state index is 12.6. The molecule has 1 aromatic heterocycles. The molecule has 2 aromatic carbocycles. The van der Waals surface area contributed by atoms with Gasteiger partial charge in [0.05, 0.1) is 12.8 Å². The highest BCUT2D eigenvalue weighted by atomic mass is 35.5. The van der Waals surface area contributed by atoms with Crippen LogP contribution in [0.2, 0.25) is 5.02 Å². The predicted octanol–water partition coefficient (Wildman–Crippen LogP) is 4.75. The van der Waals surface area contributed by atoms with Crippen LogP contribution in [-0.2, 0) is 0 Å². The number of aromatic nitrogens is 2. The molecule has 0 radical (unpaired) electrons. The molecule has 7 heteroatoms. The molecule has 0 saturated heterocycles. The number of halogens is 1. The Bertz CT molecular complexity index is 991. The van der Waals surface area contributed by atoms with Crippen LogP contribution in [0.25, 0.3) is 0 Å². The van der Waals surface area contributed by atoms with E-state index in [0.29, 0.717) is 28.1 Å². The summed E-state index contributed by atoms with van der Waals surface area (Å²) in [5.41, 5.74) is 2.65. The first-order chi connectivity index (χ1) is 13.0. The van der Waals surface area contributed by atoms with Crippen molar-refractivity contribution in [2.45, 2.75) is 13.8 Å². The van der Waals surface area contributed by atoms with Gasteiger partial charge in [-0.2, -0.15) is 0 Å². The molecule has 6 nitrogen and oxygen atoms in total. The topological polar surface area (TPSA) is 76.1 Å². The minimum atomic E-state index is -0.346. The first-order valence-electron chi connectivity index (χ1n) is 8.29. The predicted molar refractivity (Wildman–Crippen MR) is 107 cm³/mol. The zero-order valence-electron chi connectivity index (χ0n) is 15.2. The summed E-state index contributed by atoms with van der Waals surface area (Å²) in [6.07, 6.45) is 0. The number of methoxy groups -OCH3 is 1. The fourth-order valence-corrected chi connectivity index (χ4v) is 2.81. The van der Waals surface area contributed by atoms with Crippen molar-refractivity contribution in [2.75, 3.05) is 17.7 Å². The number of nitrogens with zero attached hydrogens (tertiary/aromatic N) is 2. The molecule has 0 atom stereocenters. The van der Waals surface area contributed by atoms with E-state index in [2.05, 4.69) is 20.6 Å². The van der Waals surface area contributed by atoms with E-state index in [0.717, 1.165) is 11.3 Å². The Kier molecular flexibility index (Phi) is 5.57. The van der Waals surface area contributed by atoms with Crippen molar-refractivity contribution in [1.82, 2.24) is 9.97 Å². The van der Waals surface area contributed by atoms with Crippen LogP contribution in [0.3, 0.4) is 0 Å². The molecular weight excluding hydrogens is 364 g/mol. The second-order valence-electron chi connectivity index (χ2n) is 5.92. The molecule has 0 aliphatic heterocycles. The first-order valence-corrected chi connectivity index (χ1v) is 8.67. The molecule has 2 N–H and O–H groups in total. The number of carbonyl (C=O) groups is 1. The van der Waals surface area contributed by atoms with Crippen molar-refractivity contribution >= 4 is 34.7 Å². The summed E-state index contributed by atoms with van der Waals surface area (Å²) < 4.78 is 5.26. The van der Waals surface area contributed by atoms with Crippen molar-refractivity contribution in [3.8, 4) is 5.75 Å². The van der Waals surface area contributed by atoms with Gasteiger partial charge in [0.15, 0.2) is 0 Å². The molecule has 3 rings (SSSR count). The number of para-hydroxylation sites is 2. The monoisotopic (exact) mass is 382 g/mol. The van der Waals surface area contributed by atoms with E-state index in [1.165, 1.54) is 0 Å². The summed E-state index contributed by atoms with van der Waals surface area (Å²) in [6, 6.07) is 14.3. The van der Waals surface area contributed by atoms with E-state index in [1.54, 1.807) is 38.3 Å². The van der Waals surface area contributed by atoms with Crippen LogP contribution in [0.1, 0.15) is 21.9 Å². The number of nitrogens with one attached hydrogen (secondary N) is 2. The highest BCUT2D eigenvalue weighted by molar-refractivity contribution is 6.30. The van der Waals surface area contributed by atoms with E-state index < -0.39 is 0 Å². The third-order valence-corrected chi connectivity index (χ3v) is 4.11. The summed E-state index contributed by atoms with van der Waals surface area (Å²) in [7, 11) is 1.55. The smallest absolute Gasteiger partial charge is 0.274 e. The average molecular weight is 383 g/mol. The Morgan fingerprint density at radius 3 is 2.56 bits per heavy atom. The normalized spacial score (nSPS) is 10.4. The minimum absolute atomic E-state index is 0.252. The summed E-state index contributed by atoms with van der Waals surface area (Å²) in [5, 5.41) is 6.68. The SMILES string of the molecule is COc1ccccc1NC(=O)c1cc(Nc2ccc(Cl)cc2C)nc(C)n1. The number of anilines is 3. The highest BCUT2D eigenvalue weighted by Crippen LogP contribution is 2.25. The van der Waals surface area contributed by atoms with E-state index in [4.69, 9.17) is 16.3 Å². The third kappa shape index (κ3) is 4.54. The number of hydrogen-bond donors (Lipinski definition) is 2. The van der Waals surface area contributed by atoms with Gasteiger partial charge in [-0.1, -0.05) is 23.7 Å². The molecule has 138 valence electrons. The zero-order valence-corrected chi connectivity index (χ0v) is 16.0. The quantitative estimate of drug-likeness (QED) is 0.665. The van der Waals surface area contributed by atoms with Gasteiger partial charge in [0.25, 0.3) is 5.91 Å². The maximum absolute atomic E-state index is 12.6. The van der Waals surface area contributed by atoms with Crippen LogP contribution in [0.15, 0.2) is 48.5 Å². The zero-order chi connectivity index (χ0) is 19.4. The molecule has 3 aromatic rings. The number of aryl methyl sites for hydroxylation is 2. The van der Waals surface area contributed by atoms with Crippen molar-refractivity contribution in [3.63, 3.8) is 0 Å².